The van der Waals surface area contributed by atoms with E-state index < -0.39 is 5.79 Å². The van der Waals surface area contributed by atoms with Crippen molar-refractivity contribution >= 4 is 0 Å². The van der Waals surface area contributed by atoms with E-state index in [1.807, 2.05) is 6.92 Å². The maximum atomic E-state index is 6.07. The lowest BCUT2D eigenvalue weighted by Crippen LogP contribution is -2.31. The van der Waals surface area contributed by atoms with E-state index in [0.717, 1.165) is 38.9 Å². The lowest BCUT2D eigenvalue weighted by Gasteiger charge is -2.27. The zero-order valence-electron chi connectivity index (χ0n) is 18.0. The van der Waals surface area contributed by atoms with E-state index in [1.54, 1.807) is 0 Å². The topological polar surface area (TPSA) is 18.5 Å². The molecule has 0 heterocycles. The van der Waals surface area contributed by atoms with Gasteiger partial charge in [0.1, 0.15) is 0 Å². The maximum absolute atomic E-state index is 6.07. The average Bonchev–Trinajstić information content (AvgIpc) is 2.46. The molecule has 0 rings (SSSR count). The number of ether oxygens (including phenoxy) is 2. The largest absolute Gasteiger partial charge is 0.347 e. The van der Waals surface area contributed by atoms with Crippen molar-refractivity contribution in [1.29, 1.82) is 0 Å². The molecule has 0 aromatic rings. The molecule has 0 atom stereocenters. The van der Waals surface area contributed by atoms with Crippen molar-refractivity contribution in [3.63, 3.8) is 0 Å². The molecule has 146 valence electrons. The van der Waals surface area contributed by atoms with Gasteiger partial charge in [-0.1, -0.05) is 57.1 Å². The summed E-state index contributed by atoms with van der Waals surface area (Å²) in [6, 6.07) is 0. The monoisotopic (exact) mass is 350 g/mol. The van der Waals surface area contributed by atoms with Gasteiger partial charge in [-0.25, -0.2) is 0 Å². The first-order valence-electron chi connectivity index (χ1n) is 9.91. The van der Waals surface area contributed by atoms with Gasteiger partial charge in [-0.05, 0) is 71.3 Å². The third kappa shape index (κ3) is 15.1. The molecule has 2 heteroatoms. The number of hydrogen-bond acceptors (Lipinski definition) is 2. The summed E-state index contributed by atoms with van der Waals surface area (Å²) in [5, 5.41) is 0. The Morgan fingerprint density at radius 2 is 1.44 bits per heavy atom. The van der Waals surface area contributed by atoms with Crippen LogP contribution < -0.4 is 0 Å². The minimum atomic E-state index is -0.638. The Morgan fingerprint density at radius 3 is 1.88 bits per heavy atom. The lowest BCUT2D eigenvalue weighted by atomic mass is 10.1. The van der Waals surface area contributed by atoms with Crippen LogP contribution in [0.3, 0.4) is 0 Å². The predicted molar refractivity (Wildman–Crippen MR) is 111 cm³/mol. The van der Waals surface area contributed by atoms with Crippen LogP contribution in [0.2, 0.25) is 0 Å². The van der Waals surface area contributed by atoms with Gasteiger partial charge in [-0.3, -0.25) is 0 Å². The number of allylic oxidation sites excluding steroid dienone is 5. The van der Waals surface area contributed by atoms with Gasteiger partial charge >= 0.3 is 0 Å². The Balaban J connectivity index is 4.68. The Labute approximate surface area is 157 Å². The van der Waals surface area contributed by atoms with Crippen molar-refractivity contribution in [2.24, 2.45) is 11.8 Å². The zero-order chi connectivity index (χ0) is 19.3. The highest BCUT2D eigenvalue weighted by atomic mass is 16.7. The van der Waals surface area contributed by atoms with Gasteiger partial charge in [0.25, 0.3) is 0 Å². The highest BCUT2D eigenvalue weighted by Gasteiger charge is 2.22. The average molecular weight is 351 g/mol. The highest BCUT2D eigenvalue weighted by molar-refractivity contribution is 5.13. The van der Waals surface area contributed by atoms with Crippen LogP contribution in [-0.4, -0.2) is 19.0 Å². The van der Waals surface area contributed by atoms with Crippen LogP contribution in [0.25, 0.3) is 0 Å². The molecule has 0 saturated heterocycles. The molecule has 25 heavy (non-hydrogen) atoms. The zero-order valence-corrected chi connectivity index (χ0v) is 18.0. The fourth-order valence-electron chi connectivity index (χ4n) is 2.19. The van der Waals surface area contributed by atoms with Crippen molar-refractivity contribution in [2.75, 3.05) is 13.2 Å². The van der Waals surface area contributed by atoms with E-state index in [2.05, 4.69) is 72.8 Å². The number of hydrogen-bond donors (Lipinski definition) is 0. The van der Waals surface area contributed by atoms with Crippen molar-refractivity contribution in [3.05, 3.63) is 35.5 Å². The lowest BCUT2D eigenvalue weighted by molar-refractivity contribution is -0.194. The summed E-state index contributed by atoms with van der Waals surface area (Å²) in [5.74, 6) is 0.641. The maximum Gasteiger partial charge on any atom is 0.185 e. The molecular weight excluding hydrogens is 308 g/mol. The second kappa shape index (κ2) is 13.4. The summed E-state index contributed by atoms with van der Waals surface area (Å²) in [7, 11) is 0. The van der Waals surface area contributed by atoms with E-state index in [0.29, 0.717) is 11.8 Å². The van der Waals surface area contributed by atoms with Gasteiger partial charge in [0, 0.05) is 0 Å². The van der Waals surface area contributed by atoms with Gasteiger partial charge in [0.2, 0.25) is 0 Å². The first-order chi connectivity index (χ1) is 11.6. The highest BCUT2D eigenvalue weighted by Crippen LogP contribution is 2.18. The molecule has 0 amide bonds. The fourth-order valence-corrected chi connectivity index (χ4v) is 2.19. The van der Waals surface area contributed by atoms with Gasteiger partial charge in [-0.2, -0.15) is 0 Å². The summed E-state index contributed by atoms with van der Waals surface area (Å²) < 4.78 is 12.1. The molecule has 0 radical (unpaired) electrons. The Kier molecular flexibility index (Phi) is 12.9. The Morgan fingerprint density at radius 1 is 0.920 bits per heavy atom. The van der Waals surface area contributed by atoms with Crippen LogP contribution >= 0.6 is 0 Å². The molecule has 0 N–H and O–H groups in total. The summed E-state index contributed by atoms with van der Waals surface area (Å²) in [6.45, 7) is 18.8. The van der Waals surface area contributed by atoms with E-state index in [-0.39, 0.29) is 0 Å². The van der Waals surface area contributed by atoms with Gasteiger partial charge in [-0.15, -0.1) is 0 Å². The van der Waals surface area contributed by atoms with Crippen LogP contribution in [0.15, 0.2) is 35.5 Å². The molecule has 0 fully saturated rings. The normalized spacial score (nSPS) is 13.3. The molecule has 0 aliphatic rings. The molecule has 0 aromatic heterocycles. The summed E-state index contributed by atoms with van der Waals surface area (Å²) >= 11 is 0. The summed E-state index contributed by atoms with van der Waals surface area (Å²) in [6.07, 6.45) is 12.9. The van der Waals surface area contributed by atoms with E-state index >= 15 is 0 Å². The third-order valence-electron chi connectivity index (χ3n) is 4.04. The second-order valence-electron chi connectivity index (χ2n) is 8.27. The smallest absolute Gasteiger partial charge is 0.185 e. The van der Waals surface area contributed by atoms with Crippen LogP contribution in [0, 0.1) is 11.8 Å². The van der Waals surface area contributed by atoms with Crippen LogP contribution in [0.4, 0.5) is 0 Å². The van der Waals surface area contributed by atoms with Crippen molar-refractivity contribution in [1.82, 2.24) is 0 Å². The van der Waals surface area contributed by atoms with Crippen LogP contribution in [0.1, 0.15) is 81.1 Å². The van der Waals surface area contributed by atoms with Crippen LogP contribution in [0.5, 0.6) is 0 Å². The van der Waals surface area contributed by atoms with Crippen molar-refractivity contribution < 1.29 is 9.47 Å². The fraction of sp³-hybridized carbons (Fsp3) is 0.739. The molecule has 0 saturated carbocycles. The van der Waals surface area contributed by atoms with Crippen LogP contribution in [-0.2, 0) is 9.47 Å². The second-order valence-corrected chi connectivity index (χ2v) is 8.27. The van der Waals surface area contributed by atoms with E-state index in [4.69, 9.17) is 9.47 Å². The molecule has 0 aliphatic carbocycles. The third-order valence-corrected chi connectivity index (χ3v) is 4.04. The molecule has 0 unspecified atom stereocenters. The van der Waals surface area contributed by atoms with E-state index in [1.165, 1.54) is 11.1 Å². The number of rotatable bonds is 13. The molecule has 0 aliphatic heterocycles. The summed E-state index contributed by atoms with van der Waals surface area (Å²) in [4.78, 5) is 0. The minimum Gasteiger partial charge on any atom is -0.347 e. The molecular formula is C23H42O2. The summed E-state index contributed by atoms with van der Waals surface area (Å²) in [5.41, 5.74) is 2.76. The van der Waals surface area contributed by atoms with E-state index in [9.17, 15) is 0 Å². The van der Waals surface area contributed by atoms with Gasteiger partial charge in [0.15, 0.2) is 5.79 Å². The van der Waals surface area contributed by atoms with Gasteiger partial charge in [0.05, 0.1) is 13.2 Å². The van der Waals surface area contributed by atoms with Crippen molar-refractivity contribution in [2.45, 2.75) is 86.9 Å². The Bertz CT molecular complexity index is 409. The van der Waals surface area contributed by atoms with Gasteiger partial charge < -0.3 is 9.47 Å². The molecule has 0 bridgehead atoms. The first kappa shape index (κ1) is 24.1. The minimum absolute atomic E-state index is 0.638. The Hall–Kier alpha value is -0.860. The molecule has 0 spiro atoms. The quantitative estimate of drug-likeness (QED) is 0.201. The molecule has 0 aromatic carbocycles. The molecule has 2 nitrogen and oxygen atoms in total. The first-order valence-corrected chi connectivity index (χ1v) is 9.91. The standard InChI is InChI=1S/C23H42O2/c1-19(2)11-9-12-22(7)13-10-16-23(8,24-17-14-20(3)4)25-18-15-21(5)6/h10-11,13,16,20-21H,9,12,14-15,17-18H2,1-8H3. The van der Waals surface area contributed by atoms with Crippen molar-refractivity contribution in [3.8, 4) is 0 Å². The SMILES string of the molecule is CC(C)=CCCC(C)=CC=CC(C)(OCCC(C)C)OCCC(C)C. The predicted octanol–water partition coefficient (Wildman–Crippen LogP) is 7.08.